The van der Waals surface area contributed by atoms with E-state index in [0.717, 1.165) is 0 Å². The zero-order chi connectivity index (χ0) is 14.1. The molecule has 0 aromatic heterocycles. The minimum Gasteiger partial charge on any atom is -0.219 e. The lowest BCUT2D eigenvalue weighted by atomic mass is 9.69. The summed E-state index contributed by atoms with van der Waals surface area (Å²) in [7, 11) is 0. The number of hydrogen-bond donors (Lipinski definition) is 0. The fourth-order valence-corrected chi connectivity index (χ4v) is 2.24. The van der Waals surface area contributed by atoms with Crippen LogP contribution in [0.15, 0.2) is 0 Å². The molecule has 0 aliphatic heterocycles. The Morgan fingerprint density at radius 1 is 0.824 bits per heavy atom. The predicted octanol–water partition coefficient (Wildman–Crippen LogP) is 5.79. The van der Waals surface area contributed by atoms with Gasteiger partial charge in [-0.1, -0.05) is 53.1 Å². The van der Waals surface area contributed by atoms with Gasteiger partial charge in [-0.25, -0.2) is 13.2 Å². The number of alkyl halides is 4. The molecule has 0 saturated heterocycles. The molecule has 104 valence electrons. The molecule has 1 atom stereocenters. The molecule has 0 amide bonds. The van der Waals surface area contributed by atoms with E-state index >= 15 is 0 Å². The number of rotatable bonds is 6. The van der Waals surface area contributed by atoms with Gasteiger partial charge in [-0.15, -0.1) is 0 Å². The largest absolute Gasteiger partial charge is 0.300 e. The first kappa shape index (κ1) is 17.1. The highest BCUT2D eigenvalue weighted by Crippen LogP contribution is 2.59. The van der Waals surface area contributed by atoms with Crippen LogP contribution < -0.4 is 0 Å². The molecule has 0 rings (SSSR count). The second-order valence-electron chi connectivity index (χ2n) is 5.65. The highest BCUT2D eigenvalue weighted by atomic mass is 35.5. The molecule has 4 heteroatoms. The second-order valence-corrected chi connectivity index (χ2v) is 6.17. The van der Waals surface area contributed by atoms with Gasteiger partial charge in [-0.2, -0.15) is 0 Å². The minimum absolute atomic E-state index is 0.169. The van der Waals surface area contributed by atoms with Crippen LogP contribution in [0.3, 0.4) is 0 Å². The minimum atomic E-state index is -3.57. The average Bonchev–Trinajstić information content (AvgIpc) is 2.26. The van der Waals surface area contributed by atoms with E-state index in [4.69, 9.17) is 11.6 Å². The van der Waals surface area contributed by atoms with Crippen LogP contribution in [0.5, 0.6) is 0 Å². The summed E-state index contributed by atoms with van der Waals surface area (Å²) in [4.78, 5) is 0. The van der Waals surface area contributed by atoms with Crippen LogP contribution in [-0.2, 0) is 0 Å². The van der Waals surface area contributed by atoms with E-state index in [1.807, 2.05) is 0 Å². The van der Waals surface area contributed by atoms with Crippen LogP contribution in [-0.4, -0.2) is 11.1 Å². The summed E-state index contributed by atoms with van der Waals surface area (Å²) >= 11 is 5.68. The standard InChI is InChI=1S/C13H24ClF3/c1-7-10(4,5)13(16,17)12(14,15)11(6,8-2)9-3/h7-9H2,1-6H3. The molecule has 0 N–H and O–H groups in total. The summed E-state index contributed by atoms with van der Waals surface area (Å²) in [6, 6.07) is 0. The molecule has 0 aromatic rings. The molecule has 0 bridgehead atoms. The van der Waals surface area contributed by atoms with Gasteiger partial charge in [-0.05, 0) is 19.3 Å². The van der Waals surface area contributed by atoms with Gasteiger partial charge in [0, 0.05) is 10.8 Å². The average molecular weight is 273 g/mol. The van der Waals surface area contributed by atoms with Gasteiger partial charge >= 0.3 is 5.92 Å². The summed E-state index contributed by atoms with van der Waals surface area (Å²) in [6.07, 6.45) is 0.722. The molecule has 0 aliphatic rings. The topological polar surface area (TPSA) is 0 Å². The van der Waals surface area contributed by atoms with Crippen molar-refractivity contribution in [1.82, 2.24) is 0 Å². The normalized spacial score (nSPS) is 18.0. The molecular weight excluding hydrogens is 249 g/mol. The number of hydrogen-bond acceptors (Lipinski definition) is 0. The van der Waals surface area contributed by atoms with Gasteiger partial charge in [0.05, 0.1) is 0 Å². The van der Waals surface area contributed by atoms with Crippen molar-refractivity contribution in [3.05, 3.63) is 0 Å². The van der Waals surface area contributed by atoms with E-state index in [0.29, 0.717) is 0 Å². The Morgan fingerprint density at radius 3 is 1.41 bits per heavy atom. The van der Waals surface area contributed by atoms with Crippen LogP contribution >= 0.6 is 11.6 Å². The fourth-order valence-electron chi connectivity index (χ4n) is 1.72. The lowest BCUT2D eigenvalue weighted by molar-refractivity contribution is -0.212. The lowest BCUT2D eigenvalue weighted by Gasteiger charge is -2.47. The van der Waals surface area contributed by atoms with E-state index in [1.165, 1.54) is 20.8 Å². The van der Waals surface area contributed by atoms with Gasteiger partial charge in [0.25, 0.3) is 5.13 Å². The van der Waals surface area contributed by atoms with E-state index < -0.39 is 21.9 Å². The van der Waals surface area contributed by atoms with E-state index in [-0.39, 0.29) is 19.3 Å². The molecule has 0 spiro atoms. The van der Waals surface area contributed by atoms with Crippen LogP contribution in [0.25, 0.3) is 0 Å². The van der Waals surface area contributed by atoms with Crippen molar-refractivity contribution < 1.29 is 13.2 Å². The highest BCUT2D eigenvalue weighted by Gasteiger charge is 2.68. The molecule has 0 aliphatic carbocycles. The van der Waals surface area contributed by atoms with Crippen LogP contribution in [0.4, 0.5) is 13.2 Å². The van der Waals surface area contributed by atoms with E-state index in [1.54, 1.807) is 20.8 Å². The lowest BCUT2D eigenvalue weighted by Crippen LogP contribution is -2.58. The Kier molecular flexibility index (Phi) is 5.01. The van der Waals surface area contributed by atoms with Crippen molar-refractivity contribution in [2.24, 2.45) is 10.8 Å². The molecule has 0 radical (unpaired) electrons. The van der Waals surface area contributed by atoms with Gasteiger partial charge in [-0.3, -0.25) is 0 Å². The molecule has 0 fully saturated rings. The SMILES string of the molecule is CCC(C)(C)C(F)(F)C(F)(Cl)C(C)(CC)CC. The molecule has 0 aromatic carbocycles. The Hall–Kier alpha value is 0.0800. The molecule has 1 unspecified atom stereocenters. The first-order valence-electron chi connectivity index (χ1n) is 6.19. The third-order valence-electron chi connectivity index (χ3n) is 4.45. The maximum Gasteiger partial charge on any atom is 0.300 e. The summed E-state index contributed by atoms with van der Waals surface area (Å²) in [6.45, 7) is 9.20. The smallest absolute Gasteiger partial charge is 0.219 e. The highest BCUT2D eigenvalue weighted by molar-refractivity contribution is 6.24. The molecule has 0 heterocycles. The molecule has 0 nitrogen and oxygen atoms in total. The van der Waals surface area contributed by atoms with Gasteiger partial charge in [0.2, 0.25) is 0 Å². The number of halogens is 4. The zero-order valence-electron chi connectivity index (χ0n) is 11.6. The third kappa shape index (κ3) is 2.45. The Bertz CT molecular complexity index is 255. The van der Waals surface area contributed by atoms with Crippen molar-refractivity contribution in [2.45, 2.75) is 71.9 Å². The molecule has 0 saturated carbocycles. The third-order valence-corrected chi connectivity index (χ3v) is 5.14. The summed E-state index contributed by atoms with van der Waals surface area (Å²) in [5.74, 6) is -3.57. The van der Waals surface area contributed by atoms with Gasteiger partial charge in [0.1, 0.15) is 0 Å². The van der Waals surface area contributed by atoms with E-state index in [9.17, 15) is 13.2 Å². The zero-order valence-corrected chi connectivity index (χ0v) is 12.4. The molecular formula is C13H24ClF3. The Balaban J connectivity index is 5.59. The van der Waals surface area contributed by atoms with Crippen LogP contribution in [0.2, 0.25) is 0 Å². The first-order chi connectivity index (χ1) is 7.43. The summed E-state index contributed by atoms with van der Waals surface area (Å²) < 4.78 is 43.3. The monoisotopic (exact) mass is 272 g/mol. The van der Waals surface area contributed by atoms with Crippen molar-refractivity contribution in [3.8, 4) is 0 Å². The Labute approximate surface area is 108 Å². The van der Waals surface area contributed by atoms with Gasteiger partial charge < -0.3 is 0 Å². The van der Waals surface area contributed by atoms with Crippen LogP contribution in [0.1, 0.15) is 60.8 Å². The fraction of sp³-hybridized carbons (Fsp3) is 1.00. The predicted molar refractivity (Wildman–Crippen MR) is 67.4 cm³/mol. The summed E-state index contributed by atoms with van der Waals surface area (Å²) in [5.41, 5.74) is -2.69. The quantitative estimate of drug-likeness (QED) is 0.537. The van der Waals surface area contributed by atoms with Crippen molar-refractivity contribution in [3.63, 3.8) is 0 Å². The van der Waals surface area contributed by atoms with Gasteiger partial charge in [0.15, 0.2) is 0 Å². The molecule has 17 heavy (non-hydrogen) atoms. The maximum atomic E-state index is 14.6. The maximum absolute atomic E-state index is 14.6. The van der Waals surface area contributed by atoms with Crippen LogP contribution in [0, 0.1) is 10.8 Å². The van der Waals surface area contributed by atoms with E-state index in [2.05, 4.69) is 0 Å². The Morgan fingerprint density at radius 2 is 1.18 bits per heavy atom. The first-order valence-corrected chi connectivity index (χ1v) is 6.57. The van der Waals surface area contributed by atoms with Crippen molar-refractivity contribution in [2.75, 3.05) is 0 Å². The summed E-state index contributed by atoms with van der Waals surface area (Å²) in [5, 5.41) is -3.02. The second kappa shape index (κ2) is 4.99. The van der Waals surface area contributed by atoms with Crippen molar-refractivity contribution >= 4 is 11.6 Å². The van der Waals surface area contributed by atoms with Crippen molar-refractivity contribution in [1.29, 1.82) is 0 Å².